The summed E-state index contributed by atoms with van der Waals surface area (Å²) >= 11 is 0. The van der Waals surface area contributed by atoms with Crippen molar-refractivity contribution < 1.29 is 17.2 Å². The number of hydrogen-bond acceptors (Lipinski definition) is 3. The summed E-state index contributed by atoms with van der Waals surface area (Å²) in [6, 6.07) is 2.60. The largest absolute Gasteiger partial charge is 0.328 e. The maximum atomic E-state index is 13.1. The Hall–Kier alpha value is -1.05. The topological polar surface area (TPSA) is 63.4 Å². The Morgan fingerprint density at radius 3 is 2.33 bits per heavy atom. The highest BCUT2D eigenvalue weighted by molar-refractivity contribution is 7.89. The van der Waals surface area contributed by atoms with Gasteiger partial charge in [0.1, 0.15) is 0 Å². The van der Waals surface area contributed by atoms with Crippen LogP contribution in [0.4, 0.5) is 8.78 Å². The summed E-state index contributed by atoms with van der Waals surface area (Å²) in [6.07, 6.45) is 1.14. The van der Waals surface area contributed by atoms with Gasteiger partial charge >= 0.3 is 0 Å². The van der Waals surface area contributed by atoms with Crippen LogP contribution in [0.2, 0.25) is 0 Å². The van der Waals surface area contributed by atoms with Crippen LogP contribution in [-0.2, 0) is 10.0 Å². The Morgan fingerprint density at radius 2 is 1.78 bits per heavy atom. The zero-order chi connectivity index (χ0) is 13.3. The van der Waals surface area contributed by atoms with E-state index in [1.54, 1.807) is 0 Å². The van der Waals surface area contributed by atoms with Crippen molar-refractivity contribution in [1.29, 1.82) is 0 Å². The van der Waals surface area contributed by atoms with Crippen molar-refractivity contribution >= 4 is 10.0 Å². The molecule has 0 atom stereocenters. The molecule has 0 aliphatic carbocycles. The van der Waals surface area contributed by atoms with Gasteiger partial charge < -0.3 is 5.73 Å². The quantitative estimate of drug-likeness (QED) is 0.879. The maximum Gasteiger partial charge on any atom is 0.243 e. The van der Waals surface area contributed by atoms with E-state index in [9.17, 15) is 17.2 Å². The van der Waals surface area contributed by atoms with Crippen molar-refractivity contribution in [2.24, 2.45) is 5.73 Å². The van der Waals surface area contributed by atoms with Crippen LogP contribution in [0.3, 0.4) is 0 Å². The summed E-state index contributed by atoms with van der Waals surface area (Å²) in [6.45, 7) is 0.616. The van der Waals surface area contributed by atoms with Crippen LogP contribution < -0.4 is 5.73 Å². The monoisotopic (exact) mass is 276 g/mol. The van der Waals surface area contributed by atoms with Crippen LogP contribution >= 0.6 is 0 Å². The molecule has 1 fully saturated rings. The highest BCUT2D eigenvalue weighted by Crippen LogP contribution is 2.21. The summed E-state index contributed by atoms with van der Waals surface area (Å²) < 4.78 is 51.4. The third-order valence-electron chi connectivity index (χ3n) is 3.03. The second kappa shape index (κ2) is 4.91. The lowest BCUT2D eigenvalue weighted by Gasteiger charge is -2.29. The van der Waals surface area contributed by atoms with Gasteiger partial charge in [0.2, 0.25) is 10.0 Å². The van der Waals surface area contributed by atoms with Gasteiger partial charge in [-0.3, -0.25) is 0 Å². The van der Waals surface area contributed by atoms with Gasteiger partial charge in [-0.2, -0.15) is 4.31 Å². The molecule has 2 N–H and O–H groups in total. The van der Waals surface area contributed by atoms with E-state index in [0.717, 1.165) is 12.1 Å². The van der Waals surface area contributed by atoms with E-state index >= 15 is 0 Å². The van der Waals surface area contributed by atoms with Crippen molar-refractivity contribution in [3.05, 3.63) is 29.8 Å². The highest BCUT2D eigenvalue weighted by Gasteiger charge is 2.28. The number of sulfonamides is 1. The fourth-order valence-electron chi connectivity index (χ4n) is 1.90. The average Bonchev–Trinajstić information content (AvgIpc) is 2.33. The molecule has 100 valence electrons. The first-order chi connectivity index (χ1) is 8.41. The Labute approximate surface area is 104 Å². The zero-order valence-corrected chi connectivity index (χ0v) is 10.5. The first-order valence-corrected chi connectivity index (χ1v) is 7.06. The van der Waals surface area contributed by atoms with Crippen molar-refractivity contribution in [2.75, 3.05) is 13.1 Å². The molecule has 1 saturated heterocycles. The van der Waals surface area contributed by atoms with Crippen LogP contribution in [-0.4, -0.2) is 31.9 Å². The molecule has 1 heterocycles. The molecule has 1 aliphatic heterocycles. The summed E-state index contributed by atoms with van der Waals surface area (Å²) in [7, 11) is -3.75. The molecule has 1 aliphatic rings. The first kappa shape index (κ1) is 13.4. The second-order valence-electron chi connectivity index (χ2n) is 4.32. The lowest BCUT2D eigenvalue weighted by Crippen LogP contribution is -2.42. The predicted octanol–water partition coefficient (Wildman–Crippen LogP) is 1.08. The molecule has 0 bridgehead atoms. The molecule has 2 rings (SSSR count). The van der Waals surface area contributed by atoms with Crippen LogP contribution in [0.1, 0.15) is 12.8 Å². The zero-order valence-electron chi connectivity index (χ0n) is 9.64. The highest BCUT2D eigenvalue weighted by atomic mass is 32.2. The molecule has 1 aromatic carbocycles. The van der Waals surface area contributed by atoms with Gasteiger partial charge in [0.25, 0.3) is 0 Å². The first-order valence-electron chi connectivity index (χ1n) is 5.62. The molecule has 0 radical (unpaired) electrons. The molecule has 0 spiro atoms. The third-order valence-corrected chi connectivity index (χ3v) is 4.92. The van der Waals surface area contributed by atoms with Crippen molar-refractivity contribution in [3.8, 4) is 0 Å². The Kier molecular flexibility index (Phi) is 3.65. The van der Waals surface area contributed by atoms with Crippen LogP contribution in [0.15, 0.2) is 23.1 Å². The van der Waals surface area contributed by atoms with Crippen LogP contribution in [0, 0.1) is 11.6 Å². The molecular weight excluding hydrogens is 262 g/mol. The Morgan fingerprint density at radius 1 is 1.17 bits per heavy atom. The molecule has 0 unspecified atom stereocenters. The van der Waals surface area contributed by atoms with E-state index in [4.69, 9.17) is 5.73 Å². The van der Waals surface area contributed by atoms with E-state index in [2.05, 4.69) is 0 Å². The minimum absolute atomic E-state index is 0.00130. The number of benzene rings is 1. The second-order valence-corrected chi connectivity index (χ2v) is 6.26. The van der Waals surface area contributed by atoms with Gasteiger partial charge in [0.15, 0.2) is 11.6 Å². The molecule has 0 amide bonds. The number of nitrogens with zero attached hydrogens (tertiary/aromatic N) is 1. The lowest BCUT2D eigenvalue weighted by atomic mass is 10.1. The third kappa shape index (κ3) is 2.52. The molecule has 0 saturated carbocycles. The van der Waals surface area contributed by atoms with Crippen LogP contribution in [0.25, 0.3) is 0 Å². The van der Waals surface area contributed by atoms with E-state index in [1.165, 1.54) is 4.31 Å². The van der Waals surface area contributed by atoms with Gasteiger partial charge in [-0.25, -0.2) is 17.2 Å². The van der Waals surface area contributed by atoms with E-state index in [1.807, 2.05) is 0 Å². The number of piperidine rings is 1. The fraction of sp³-hybridized carbons (Fsp3) is 0.455. The predicted molar refractivity (Wildman–Crippen MR) is 62.3 cm³/mol. The number of nitrogens with two attached hydrogens (primary N) is 1. The van der Waals surface area contributed by atoms with Gasteiger partial charge in [-0.05, 0) is 31.0 Å². The molecule has 0 aromatic heterocycles. The van der Waals surface area contributed by atoms with Crippen molar-refractivity contribution in [3.63, 3.8) is 0 Å². The lowest BCUT2D eigenvalue weighted by molar-refractivity contribution is 0.320. The van der Waals surface area contributed by atoms with Gasteiger partial charge in [0.05, 0.1) is 4.90 Å². The van der Waals surface area contributed by atoms with Gasteiger partial charge in [-0.1, -0.05) is 0 Å². The van der Waals surface area contributed by atoms with E-state index in [-0.39, 0.29) is 10.9 Å². The SMILES string of the molecule is NC1CCN(S(=O)(=O)c2ccc(F)c(F)c2)CC1. The molecular formula is C11H14F2N2O2S. The van der Waals surface area contributed by atoms with Gasteiger partial charge in [0, 0.05) is 19.1 Å². The van der Waals surface area contributed by atoms with E-state index in [0.29, 0.717) is 32.0 Å². The normalized spacial score (nSPS) is 19.1. The molecule has 18 heavy (non-hydrogen) atoms. The summed E-state index contributed by atoms with van der Waals surface area (Å²) in [5.74, 6) is -2.22. The smallest absolute Gasteiger partial charge is 0.243 e. The van der Waals surface area contributed by atoms with E-state index < -0.39 is 21.7 Å². The van der Waals surface area contributed by atoms with Gasteiger partial charge in [-0.15, -0.1) is 0 Å². The Bertz CT molecular complexity index is 540. The maximum absolute atomic E-state index is 13.1. The molecule has 7 heteroatoms. The molecule has 4 nitrogen and oxygen atoms in total. The fourth-order valence-corrected chi connectivity index (χ4v) is 3.38. The average molecular weight is 276 g/mol. The summed E-state index contributed by atoms with van der Waals surface area (Å²) in [5, 5.41) is 0. The standard InChI is InChI=1S/C11H14F2N2O2S/c12-10-2-1-9(7-11(10)13)18(16,17)15-5-3-8(14)4-6-15/h1-2,7-8H,3-6,14H2. The Balaban J connectivity index is 2.27. The molecule has 1 aromatic rings. The van der Waals surface area contributed by atoms with Crippen molar-refractivity contribution in [2.45, 2.75) is 23.8 Å². The minimum Gasteiger partial charge on any atom is -0.328 e. The van der Waals surface area contributed by atoms with Crippen LogP contribution in [0.5, 0.6) is 0 Å². The minimum atomic E-state index is -3.75. The number of halogens is 2. The number of hydrogen-bond donors (Lipinski definition) is 1. The summed E-state index contributed by atoms with van der Waals surface area (Å²) in [5.41, 5.74) is 5.69. The number of rotatable bonds is 2. The van der Waals surface area contributed by atoms with Crippen molar-refractivity contribution in [1.82, 2.24) is 4.31 Å². The summed E-state index contributed by atoms with van der Waals surface area (Å²) in [4.78, 5) is -0.225.